The molecule has 5 fully saturated rings. The molecule has 4 aliphatic carbocycles. The smallest absolute Gasteiger partial charge is 0.338 e. The Balaban J connectivity index is 1.18. The first kappa shape index (κ1) is 41.9. The highest BCUT2D eigenvalue weighted by molar-refractivity contribution is 5.91. The molecule has 3 aromatic carbocycles. The van der Waals surface area contributed by atoms with Crippen molar-refractivity contribution in [2.45, 2.75) is 111 Å². The van der Waals surface area contributed by atoms with Crippen LogP contribution in [-0.4, -0.2) is 54.1 Å². The van der Waals surface area contributed by atoms with Gasteiger partial charge in [0.25, 0.3) is 0 Å². The van der Waals surface area contributed by atoms with E-state index in [0.717, 1.165) is 19.3 Å². The average Bonchev–Trinajstić information content (AvgIpc) is 3.52. The van der Waals surface area contributed by atoms with E-state index in [1.54, 1.807) is 72.8 Å². The zero-order chi connectivity index (χ0) is 42.5. The molecule has 0 radical (unpaired) electrons. The molecule has 9 heteroatoms. The van der Waals surface area contributed by atoms with E-state index in [1.165, 1.54) is 0 Å². The van der Waals surface area contributed by atoms with Gasteiger partial charge in [-0.2, -0.15) is 0 Å². The standard InChI is InChI=1S/C51H60O9/c1-29(2)35-26-40(57-41(53)27-35)30(3)37-28-38(52)44-42-36(22-24-51(37,44)6)50(5)25-23-39(58-47(54)32-16-10-7-11-17-32)46(60-49(56)34-20-14-9-15-21-34)43(50)31(4)45(42)59-48(55)33-18-12-8-13-19-33/h7-21,29-31,35-37,39-40,42-46H,22-28H2,1-6H3/t30?,31?,35?,36?,37?,39-,40?,42?,43?,44?,45?,46+,50-,51-/m1/s1. The molecule has 0 amide bonds. The molecule has 0 N–H and O–H groups in total. The molecule has 9 nitrogen and oxygen atoms in total. The number of hydrogen-bond acceptors (Lipinski definition) is 9. The lowest BCUT2D eigenvalue weighted by Crippen LogP contribution is -2.67. The van der Waals surface area contributed by atoms with Crippen molar-refractivity contribution in [2.24, 2.45) is 64.1 Å². The van der Waals surface area contributed by atoms with Gasteiger partial charge >= 0.3 is 23.9 Å². The van der Waals surface area contributed by atoms with Gasteiger partial charge in [0.15, 0.2) is 0 Å². The van der Waals surface area contributed by atoms with Crippen molar-refractivity contribution in [3.8, 4) is 0 Å². The SMILES string of the molecule is CC(C)C1CC(=O)OC(C(C)C2CC(=O)C3C4C(OC(=O)c5ccccc5)C(C)C5[C@@H](OC(=O)c6ccccc6)[C@H](OC(=O)c6ccccc6)CC[C@]5(C)C4CC[C@]23C)C1. The van der Waals surface area contributed by atoms with Gasteiger partial charge < -0.3 is 18.9 Å². The van der Waals surface area contributed by atoms with Gasteiger partial charge in [-0.05, 0) is 109 Å². The first-order chi connectivity index (χ1) is 28.7. The molecule has 1 aliphatic heterocycles. The monoisotopic (exact) mass is 816 g/mol. The third-order valence-electron chi connectivity index (χ3n) is 16.1. The van der Waals surface area contributed by atoms with E-state index in [2.05, 4.69) is 41.5 Å². The fourth-order valence-corrected chi connectivity index (χ4v) is 13.0. The van der Waals surface area contributed by atoms with E-state index in [9.17, 15) is 24.0 Å². The molecule has 1 saturated heterocycles. The maximum Gasteiger partial charge on any atom is 0.338 e. The van der Waals surface area contributed by atoms with Crippen LogP contribution in [0.3, 0.4) is 0 Å². The molecule has 10 unspecified atom stereocenters. The predicted molar refractivity (Wildman–Crippen MR) is 224 cm³/mol. The van der Waals surface area contributed by atoms with E-state index in [0.29, 0.717) is 48.3 Å². The van der Waals surface area contributed by atoms with Crippen LogP contribution in [-0.2, 0) is 28.5 Å². The summed E-state index contributed by atoms with van der Waals surface area (Å²) in [5.41, 5.74) is 0.326. The van der Waals surface area contributed by atoms with Gasteiger partial charge in [0.1, 0.15) is 30.2 Å². The molecule has 5 aliphatic rings. The van der Waals surface area contributed by atoms with E-state index < -0.39 is 58.9 Å². The first-order valence-corrected chi connectivity index (χ1v) is 22.2. The minimum atomic E-state index is -0.853. The topological polar surface area (TPSA) is 122 Å². The number of fused-ring (bicyclic) bond motifs is 5. The number of ketones is 1. The summed E-state index contributed by atoms with van der Waals surface area (Å²) in [7, 11) is 0. The summed E-state index contributed by atoms with van der Waals surface area (Å²) >= 11 is 0. The quantitative estimate of drug-likeness (QED) is 0.154. The number of hydrogen-bond donors (Lipinski definition) is 0. The molecule has 0 spiro atoms. The third kappa shape index (κ3) is 7.48. The second-order valence-corrected chi connectivity index (χ2v) is 19.5. The van der Waals surface area contributed by atoms with Crippen molar-refractivity contribution in [3.63, 3.8) is 0 Å². The summed E-state index contributed by atoms with van der Waals surface area (Å²) in [6, 6.07) is 26.6. The van der Waals surface area contributed by atoms with Crippen LogP contribution in [0, 0.1) is 64.1 Å². The highest BCUT2D eigenvalue weighted by Crippen LogP contribution is 2.69. The summed E-state index contributed by atoms with van der Waals surface area (Å²) in [5.74, 6) is -2.45. The Bertz CT molecular complexity index is 2070. The second kappa shape index (κ2) is 16.6. The normalized spacial score (nSPS) is 36.5. The van der Waals surface area contributed by atoms with Crippen LogP contribution in [0.5, 0.6) is 0 Å². The lowest BCUT2D eigenvalue weighted by atomic mass is 9.41. The fraction of sp³-hybridized carbons (Fsp3) is 0.549. The van der Waals surface area contributed by atoms with Crippen molar-refractivity contribution in [1.29, 1.82) is 0 Å². The molecule has 0 bridgehead atoms. The zero-order valence-corrected chi connectivity index (χ0v) is 35.8. The summed E-state index contributed by atoms with van der Waals surface area (Å²) in [5, 5.41) is 0. The maximum atomic E-state index is 14.9. The van der Waals surface area contributed by atoms with Gasteiger partial charge in [-0.25, -0.2) is 14.4 Å². The number of cyclic esters (lactones) is 1. The number of Topliss-reactive ketones (excluding diaryl/α,β-unsaturated/α-hetero) is 1. The zero-order valence-electron chi connectivity index (χ0n) is 35.8. The van der Waals surface area contributed by atoms with Crippen LogP contribution < -0.4 is 0 Å². The number of carbonyl (C=O) groups is 5. The molecule has 318 valence electrons. The van der Waals surface area contributed by atoms with Crippen LogP contribution in [0.4, 0.5) is 0 Å². The number of rotatable bonds is 9. The van der Waals surface area contributed by atoms with E-state index >= 15 is 0 Å². The van der Waals surface area contributed by atoms with E-state index in [1.807, 2.05) is 18.2 Å². The van der Waals surface area contributed by atoms with Crippen molar-refractivity contribution in [3.05, 3.63) is 108 Å². The number of carbonyl (C=O) groups excluding carboxylic acids is 5. The van der Waals surface area contributed by atoms with Crippen LogP contribution in [0.25, 0.3) is 0 Å². The molecule has 1 heterocycles. The van der Waals surface area contributed by atoms with E-state index in [4.69, 9.17) is 18.9 Å². The molecular weight excluding hydrogens is 757 g/mol. The van der Waals surface area contributed by atoms with Crippen molar-refractivity contribution in [1.82, 2.24) is 0 Å². The maximum absolute atomic E-state index is 14.9. The molecular formula is C51H60O9. The number of benzene rings is 3. The summed E-state index contributed by atoms with van der Waals surface area (Å²) in [6.45, 7) is 13.1. The fourth-order valence-electron chi connectivity index (χ4n) is 13.0. The van der Waals surface area contributed by atoms with Gasteiger partial charge in [0.2, 0.25) is 0 Å². The molecule has 14 atom stereocenters. The summed E-state index contributed by atoms with van der Waals surface area (Å²) in [4.78, 5) is 69.8. The van der Waals surface area contributed by atoms with Crippen LogP contribution >= 0.6 is 0 Å². The minimum Gasteiger partial charge on any atom is -0.462 e. The summed E-state index contributed by atoms with van der Waals surface area (Å²) < 4.78 is 25.7. The highest BCUT2D eigenvalue weighted by atomic mass is 16.6. The Morgan fingerprint density at radius 1 is 0.683 bits per heavy atom. The van der Waals surface area contributed by atoms with Crippen molar-refractivity contribution in [2.75, 3.05) is 0 Å². The Morgan fingerprint density at radius 2 is 1.20 bits per heavy atom. The average molecular weight is 817 g/mol. The van der Waals surface area contributed by atoms with Gasteiger partial charge in [-0.3, -0.25) is 9.59 Å². The minimum absolute atomic E-state index is 0.0151. The molecule has 0 aromatic heterocycles. The Hall–Kier alpha value is -4.79. The largest absolute Gasteiger partial charge is 0.462 e. The number of esters is 4. The lowest BCUT2D eigenvalue weighted by Gasteiger charge is -2.65. The van der Waals surface area contributed by atoms with Crippen molar-refractivity contribution < 1.29 is 42.9 Å². The van der Waals surface area contributed by atoms with E-state index in [-0.39, 0.29) is 53.4 Å². The van der Waals surface area contributed by atoms with Crippen molar-refractivity contribution >= 4 is 29.7 Å². The third-order valence-corrected chi connectivity index (χ3v) is 16.1. The van der Waals surface area contributed by atoms with Gasteiger partial charge in [-0.1, -0.05) is 96.1 Å². The highest BCUT2D eigenvalue weighted by Gasteiger charge is 2.70. The molecule has 4 saturated carbocycles. The molecule has 8 rings (SSSR count). The van der Waals surface area contributed by atoms with Gasteiger partial charge in [0, 0.05) is 36.5 Å². The second-order valence-electron chi connectivity index (χ2n) is 19.5. The van der Waals surface area contributed by atoms with Gasteiger partial charge in [0.05, 0.1) is 16.7 Å². The molecule has 3 aromatic rings. The predicted octanol–water partition coefficient (Wildman–Crippen LogP) is 9.58. The van der Waals surface area contributed by atoms with Gasteiger partial charge in [-0.15, -0.1) is 0 Å². The lowest BCUT2D eigenvalue weighted by molar-refractivity contribution is -0.229. The Morgan fingerprint density at radius 3 is 1.75 bits per heavy atom. The Kier molecular flexibility index (Phi) is 11.6. The van der Waals surface area contributed by atoms with Crippen LogP contribution in [0.1, 0.15) is 118 Å². The Labute approximate surface area is 354 Å². The molecule has 60 heavy (non-hydrogen) atoms. The van der Waals surface area contributed by atoms with Crippen LogP contribution in [0.15, 0.2) is 91.0 Å². The number of ether oxygens (including phenoxy) is 4. The summed E-state index contributed by atoms with van der Waals surface area (Å²) in [6.07, 6.45) is 1.70. The van der Waals surface area contributed by atoms with Crippen LogP contribution in [0.2, 0.25) is 0 Å². The first-order valence-electron chi connectivity index (χ1n) is 22.2.